The third-order valence-electron chi connectivity index (χ3n) is 7.43. The Morgan fingerprint density at radius 1 is 1.42 bits per heavy atom. The number of rotatable bonds is 10. The van der Waals surface area contributed by atoms with Gasteiger partial charge in [-0.05, 0) is 44.7 Å². The van der Waals surface area contributed by atoms with Gasteiger partial charge in [0.1, 0.15) is 11.6 Å². The normalized spacial score (nSPS) is 30.4. The van der Waals surface area contributed by atoms with Crippen LogP contribution in [0.5, 0.6) is 0 Å². The van der Waals surface area contributed by atoms with Crippen LogP contribution in [-0.2, 0) is 23.9 Å². The van der Waals surface area contributed by atoms with Crippen LogP contribution in [0.2, 0.25) is 5.02 Å². The molecule has 0 aromatic heterocycles. The topological polar surface area (TPSA) is 96.4 Å². The van der Waals surface area contributed by atoms with Crippen LogP contribution in [0.15, 0.2) is 30.9 Å². The highest BCUT2D eigenvalue weighted by Gasteiger charge is 2.77. The first kappa shape index (κ1) is 27.1. The van der Waals surface area contributed by atoms with E-state index >= 15 is 0 Å². The zero-order valence-corrected chi connectivity index (χ0v) is 22.8. The lowest BCUT2D eigenvalue weighted by atomic mass is 9.70. The van der Waals surface area contributed by atoms with E-state index in [4.69, 9.17) is 21.1 Å². The van der Waals surface area contributed by atoms with E-state index in [-0.39, 0.29) is 42.9 Å². The molecule has 2 amide bonds. The average Bonchev–Trinajstić information content (AvgIpc) is 3.42. The number of esters is 1. The maximum atomic E-state index is 14.4. The van der Waals surface area contributed by atoms with E-state index in [2.05, 4.69) is 22.5 Å². The molecule has 1 unspecified atom stereocenters. The van der Waals surface area contributed by atoms with E-state index in [0.717, 1.165) is 5.56 Å². The highest BCUT2D eigenvalue weighted by atomic mass is 79.9. The first-order valence-corrected chi connectivity index (χ1v) is 13.6. The van der Waals surface area contributed by atoms with Crippen molar-refractivity contribution in [1.82, 2.24) is 4.90 Å². The third-order valence-corrected chi connectivity index (χ3v) is 8.57. The zero-order valence-electron chi connectivity index (χ0n) is 20.5. The smallest absolute Gasteiger partial charge is 0.312 e. The van der Waals surface area contributed by atoms with Gasteiger partial charge < -0.3 is 24.4 Å². The van der Waals surface area contributed by atoms with Gasteiger partial charge in [-0.15, -0.1) is 6.58 Å². The van der Waals surface area contributed by atoms with Crippen LogP contribution < -0.4 is 4.90 Å². The summed E-state index contributed by atoms with van der Waals surface area (Å²) in [5.41, 5.74) is 0.178. The van der Waals surface area contributed by atoms with Crippen molar-refractivity contribution in [2.24, 2.45) is 11.8 Å². The van der Waals surface area contributed by atoms with E-state index in [1.807, 2.05) is 19.1 Å². The fourth-order valence-corrected chi connectivity index (χ4v) is 7.35. The predicted octanol–water partition coefficient (Wildman–Crippen LogP) is 3.25. The fraction of sp³-hybridized carbons (Fsp3) is 0.577. The van der Waals surface area contributed by atoms with Crippen molar-refractivity contribution in [3.05, 3.63) is 41.4 Å². The van der Waals surface area contributed by atoms with Crippen molar-refractivity contribution in [3.63, 3.8) is 0 Å². The number of carbonyl (C=O) groups is 3. The van der Waals surface area contributed by atoms with Crippen molar-refractivity contribution in [1.29, 1.82) is 0 Å². The summed E-state index contributed by atoms with van der Waals surface area (Å²) in [6.07, 6.45) is 2.44. The Labute approximate surface area is 224 Å². The van der Waals surface area contributed by atoms with Crippen molar-refractivity contribution in [2.45, 2.75) is 55.7 Å². The Morgan fingerprint density at radius 3 is 2.81 bits per heavy atom. The monoisotopic (exact) mass is 582 g/mol. The van der Waals surface area contributed by atoms with Crippen LogP contribution >= 0.6 is 27.5 Å². The number of halogens is 2. The number of aryl methyl sites for hydroxylation is 1. The van der Waals surface area contributed by atoms with Crippen LogP contribution in [0.1, 0.15) is 31.7 Å². The van der Waals surface area contributed by atoms with Gasteiger partial charge in [0.2, 0.25) is 5.91 Å². The van der Waals surface area contributed by atoms with Gasteiger partial charge >= 0.3 is 5.97 Å². The molecule has 3 saturated heterocycles. The lowest BCUT2D eigenvalue weighted by molar-refractivity contribution is -0.154. The molecule has 3 aliphatic heterocycles. The largest absolute Gasteiger partial charge is 0.466 e. The molecule has 2 bridgehead atoms. The number of anilines is 1. The number of nitrogens with zero attached hydrogens (tertiary/aromatic N) is 2. The van der Waals surface area contributed by atoms with E-state index in [0.29, 0.717) is 30.0 Å². The Hall–Kier alpha value is -1.94. The number of aliphatic hydroxyl groups is 1. The van der Waals surface area contributed by atoms with E-state index in [1.165, 1.54) is 0 Å². The summed E-state index contributed by atoms with van der Waals surface area (Å²) in [6, 6.07) is 4.44. The van der Waals surface area contributed by atoms with Gasteiger partial charge in [0.15, 0.2) is 0 Å². The van der Waals surface area contributed by atoms with Crippen LogP contribution in [-0.4, -0.2) is 76.7 Å². The number of benzene rings is 1. The first-order valence-electron chi connectivity index (χ1n) is 12.3. The Morgan fingerprint density at radius 2 is 2.17 bits per heavy atom. The van der Waals surface area contributed by atoms with Gasteiger partial charge in [-0.2, -0.15) is 0 Å². The molecule has 36 heavy (non-hydrogen) atoms. The SMILES string of the molecule is C=CCN(C(=O)[C@@H]1N(CCCCO)C(=O)[C@H]2[C@H](C(=O)OCC)[C@H]3O[C@@]12CC3Br)c1c(C)cccc1Cl. The minimum Gasteiger partial charge on any atom is -0.466 e. The number of amides is 2. The molecule has 3 heterocycles. The second-order valence-corrected chi connectivity index (χ2v) is 11.1. The number of para-hydroxylation sites is 1. The lowest BCUT2D eigenvalue weighted by Crippen LogP contribution is -2.57. The van der Waals surface area contributed by atoms with Gasteiger partial charge in [-0.1, -0.05) is 45.7 Å². The van der Waals surface area contributed by atoms with Crippen molar-refractivity contribution >= 4 is 51.0 Å². The summed E-state index contributed by atoms with van der Waals surface area (Å²) in [4.78, 5) is 44.2. The number of ether oxygens (including phenoxy) is 2. The summed E-state index contributed by atoms with van der Waals surface area (Å²) < 4.78 is 11.8. The summed E-state index contributed by atoms with van der Waals surface area (Å²) >= 11 is 10.2. The van der Waals surface area contributed by atoms with Crippen LogP contribution in [0.3, 0.4) is 0 Å². The van der Waals surface area contributed by atoms with Crippen molar-refractivity contribution in [2.75, 3.05) is 31.2 Å². The molecule has 196 valence electrons. The van der Waals surface area contributed by atoms with Crippen molar-refractivity contribution < 1.29 is 29.0 Å². The molecule has 3 aliphatic rings. The minimum atomic E-state index is -1.18. The summed E-state index contributed by atoms with van der Waals surface area (Å²) in [5, 5.41) is 9.74. The molecule has 1 spiro atoms. The Kier molecular flexibility index (Phi) is 8.14. The molecule has 4 rings (SSSR count). The number of aliphatic hydroxyl groups excluding tert-OH is 1. The number of hydrogen-bond acceptors (Lipinski definition) is 6. The average molecular weight is 584 g/mol. The second-order valence-electron chi connectivity index (χ2n) is 9.52. The summed E-state index contributed by atoms with van der Waals surface area (Å²) in [5.74, 6) is -2.74. The maximum absolute atomic E-state index is 14.4. The molecule has 0 radical (unpaired) electrons. The molecule has 1 N–H and O–H groups in total. The van der Waals surface area contributed by atoms with Crippen LogP contribution in [0.4, 0.5) is 5.69 Å². The fourth-order valence-electron chi connectivity index (χ4n) is 6.08. The molecular formula is C26H32BrClN2O6. The minimum absolute atomic E-state index is 0.0237. The molecule has 1 aromatic rings. The quantitative estimate of drug-likeness (QED) is 0.197. The standard InChI is InChI=1S/C26H32BrClN2O6/c1-4-11-29(20-15(3)9-8-10-17(20)28)24(33)22-26-14-16(27)21(36-26)18(25(34)35-5-2)19(26)23(32)30(22)12-6-7-13-31/h4,8-10,16,18-19,21-22,31H,1,5-7,11-14H2,2-3H3/t16?,18-,19+,21-,22-,26+/m0/s1. The van der Waals surface area contributed by atoms with Gasteiger partial charge in [0.25, 0.3) is 5.91 Å². The molecule has 10 heteroatoms. The number of unbranched alkanes of at least 4 members (excludes halogenated alkanes) is 1. The maximum Gasteiger partial charge on any atom is 0.312 e. The van der Waals surface area contributed by atoms with Gasteiger partial charge in [-0.3, -0.25) is 14.4 Å². The lowest BCUT2D eigenvalue weighted by Gasteiger charge is -2.37. The van der Waals surface area contributed by atoms with Crippen LogP contribution in [0.25, 0.3) is 0 Å². The Bertz CT molecular complexity index is 1030. The molecule has 8 nitrogen and oxygen atoms in total. The van der Waals surface area contributed by atoms with Crippen molar-refractivity contribution in [3.8, 4) is 0 Å². The third kappa shape index (κ3) is 4.27. The van der Waals surface area contributed by atoms with Gasteiger partial charge in [0.05, 0.1) is 35.3 Å². The number of alkyl halides is 1. The van der Waals surface area contributed by atoms with Crippen LogP contribution in [0, 0.1) is 18.8 Å². The molecule has 0 aliphatic carbocycles. The Balaban J connectivity index is 1.81. The van der Waals surface area contributed by atoms with E-state index in [1.54, 1.807) is 28.9 Å². The molecule has 3 fully saturated rings. The number of fused-ring (bicyclic) bond motifs is 1. The summed E-state index contributed by atoms with van der Waals surface area (Å²) in [7, 11) is 0. The molecule has 0 saturated carbocycles. The number of likely N-dealkylation sites (tertiary alicyclic amines) is 1. The highest BCUT2D eigenvalue weighted by molar-refractivity contribution is 9.09. The van der Waals surface area contributed by atoms with E-state index < -0.39 is 35.6 Å². The van der Waals surface area contributed by atoms with Gasteiger partial charge in [0, 0.05) is 24.5 Å². The molecule has 6 atom stereocenters. The van der Waals surface area contributed by atoms with Gasteiger partial charge in [-0.25, -0.2) is 0 Å². The number of carbonyl (C=O) groups excluding carboxylic acids is 3. The zero-order chi connectivity index (χ0) is 26.2. The first-order chi connectivity index (χ1) is 17.2. The molecular weight excluding hydrogens is 552 g/mol. The second kappa shape index (κ2) is 10.8. The summed E-state index contributed by atoms with van der Waals surface area (Å²) in [6.45, 7) is 8.01. The molecule has 1 aromatic carbocycles. The predicted molar refractivity (Wildman–Crippen MR) is 139 cm³/mol. The highest BCUT2D eigenvalue weighted by Crippen LogP contribution is 2.60. The number of hydrogen-bond donors (Lipinski definition) is 1. The van der Waals surface area contributed by atoms with E-state index in [9.17, 15) is 19.5 Å².